The molecule has 1 fully saturated rings. The summed E-state index contributed by atoms with van der Waals surface area (Å²) < 4.78 is 38.2. The monoisotopic (exact) mass is 284 g/mol. The molecule has 0 spiro atoms. The van der Waals surface area contributed by atoms with Gasteiger partial charge in [-0.25, -0.2) is 4.85 Å². The van der Waals surface area contributed by atoms with Crippen molar-refractivity contribution in [2.75, 3.05) is 5.32 Å². The lowest BCUT2D eigenvalue weighted by Crippen LogP contribution is -2.21. The zero-order chi connectivity index (χ0) is 14.3. The van der Waals surface area contributed by atoms with Gasteiger partial charge in [-0.2, -0.15) is 13.2 Å². The lowest BCUT2D eigenvalue weighted by molar-refractivity contribution is -0.136. The van der Waals surface area contributed by atoms with Crippen molar-refractivity contribution in [3.05, 3.63) is 35.2 Å². The summed E-state index contributed by atoms with van der Waals surface area (Å²) in [4.78, 5) is 14.6. The number of halogens is 3. The van der Waals surface area contributed by atoms with Crippen LogP contribution >= 0.6 is 0 Å². The summed E-state index contributed by atoms with van der Waals surface area (Å²) in [6, 6.07) is 3.18. The molecule has 1 saturated carbocycles. The SMILES string of the molecule is C.[C-]#[N+]c1ccc(NC(=O)C2(C)CC2)cc1C(F)(F)F. The first kappa shape index (κ1) is 16.0. The fraction of sp³-hybridized carbons (Fsp3) is 0.429. The van der Waals surface area contributed by atoms with Crippen molar-refractivity contribution >= 4 is 17.3 Å². The molecule has 3 nitrogen and oxygen atoms in total. The summed E-state index contributed by atoms with van der Waals surface area (Å²) in [5.74, 6) is -0.281. The number of benzene rings is 1. The van der Waals surface area contributed by atoms with Gasteiger partial charge in [0.05, 0.1) is 12.1 Å². The van der Waals surface area contributed by atoms with Gasteiger partial charge in [-0.3, -0.25) is 4.79 Å². The molecule has 0 radical (unpaired) electrons. The first-order chi connectivity index (χ1) is 8.76. The Morgan fingerprint density at radius 1 is 1.40 bits per heavy atom. The van der Waals surface area contributed by atoms with Crippen LogP contribution in [0.5, 0.6) is 0 Å². The van der Waals surface area contributed by atoms with Gasteiger partial charge in [0, 0.05) is 11.1 Å². The quantitative estimate of drug-likeness (QED) is 0.789. The molecule has 0 atom stereocenters. The topological polar surface area (TPSA) is 33.5 Å². The van der Waals surface area contributed by atoms with E-state index in [2.05, 4.69) is 10.2 Å². The van der Waals surface area contributed by atoms with Gasteiger partial charge in [0.25, 0.3) is 0 Å². The van der Waals surface area contributed by atoms with Crippen molar-refractivity contribution in [1.29, 1.82) is 0 Å². The van der Waals surface area contributed by atoms with Gasteiger partial charge in [-0.15, -0.1) is 0 Å². The number of alkyl halides is 3. The van der Waals surface area contributed by atoms with Crippen LogP contribution in [0.15, 0.2) is 18.2 Å². The van der Waals surface area contributed by atoms with Crippen LogP contribution in [-0.2, 0) is 11.0 Å². The number of carbonyl (C=O) groups is 1. The second-order valence-electron chi connectivity index (χ2n) is 4.86. The molecule has 0 aromatic heterocycles. The maximum atomic E-state index is 12.7. The molecule has 0 heterocycles. The van der Waals surface area contributed by atoms with E-state index in [-0.39, 0.29) is 19.0 Å². The van der Waals surface area contributed by atoms with Gasteiger partial charge < -0.3 is 5.32 Å². The average molecular weight is 284 g/mol. The number of nitrogens with one attached hydrogen (secondary N) is 1. The van der Waals surface area contributed by atoms with Crippen LogP contribution in [0, 0.1) is 12.0 Å². The Hall–Kier alpha value is -2.03. The van der Waals surface area contributed by atoms with Crippen molar-refractivity contribution in [2.24, 2.45) is 5.41 Å². The molecule has 1 aromatic rings. The zero-order valence-electron chi connectivity index (χ0n) is 10.1. The standard InChI is InChI=1S/C13H11F3N2O.CH4/c1-12(5-6-12)11(19)18-8-3-4-10(17-2)9(7-8)13(14,15)16;/h3-4,7H,5-6H2,1H3,(H,18,19);1H4. The van der Waals surface area contributed by atoms with Gasteiger partial charge >= 0.3 is 6.18 Å². The molecule has 0 aliphatic heterocycles. The number of hydrogen-bond donors (Lipinski definition) is 1. The minimum absolute atomic E-state index is 0. The largest absolute Gasteiger partial charge is 0.407 e. The van der Waals surface area contributed by atoms with Gasteiger partial charge in [0.15, 0.2) is 5.69 Å². The first-order valence-corrected chi connectivity index (χ1v) is 5.66. The molecule has 6 heteroatoms. The third-order valence-corrected chi connectivity index (χ3v) is 3.23. The Kier molecular flexibility index (Phi) is 4.13. The predicted octanol–water partition coefficient (Wildman–Crippen LogP) is 4.63. The smallest absolute Gasteiger partial charge is 0.326 e. The molecule has 1 aromatic carbocycles. The highest BCUT2D eigenvalue weighted by molar-refractivity contribution is 5.97. The van der Waals surface area contributed by atoms with Crippen molar-refractivity contribution in [2.45, 2.75) is 33.4 Å². The second kappa shape index (κ2) is 5.16. The minimum atomic E-state index is -4.61. The maximum Gasteiger partial charge on any atom is 0.407 e. The molecule has 1 aliphatic rings. The normalized spacial score (nSPS) is 15.8. The van der Waals surface area contributed by atoms with Gasteiger partial charge in [0.1, 0.15) is 0 Å². The Balaban J connectivity index is 0.00000200. The lowest BCUT2D eigenvalue weighted by Gasteiger charge is -2.13. The van der Waals surface area contributed by atoms with E-state index in [9.17, 15) is 18.0 Å². The summed E-state index contributed by atoms with van der Waals surface area (Å²) in [5, 5.41) is 2.47. The Labute approximate surface area is 115 Å². The number of nitrogens with zero attached hydrogens (tertiary/aromatic N) is 1. The molecule has 0 bridgehead atoms. The van der Waals surface area contributed by atoms with Gasteiger partial charge in [-0.05, 0) is 25.0 Å². The lowest BCUT2D eigenvalue weighted by atomic mass is 10.1. The molecule has 1 amide bonds. The number of anilines is 1. The molecule has 2 rings (SSSR count). The summed E-state index contributed by atoms with van der Waals surface area (Å²) in [7, 11) is 0. The highest BCUT2D eigenvalue weighted by atomic mass is 19.4. The molecule has 0 saturated heterocycles. The van der Waals surface area contributed by atoms with Crippen molar-refractivity contribution in [1.82, 2.24) is 0 Å². The highest BCUT2D eigenvalue weighted by Gasteiger charge is 2.45. The van der Waals surface area contributed by atoms with Crippen LogP contribution in [-0.4, -0.2) is 5.91 Å². The average Bonchev–Trinajstić information content (AvgIpc) is 3.07. The molecular weight excluding hydrogens is 269 g/mol. The van der Waals surface area contributed by atoms with E-state index < -0.39 is 22.8 Å². The molecule has 108 valence electrons. The van der Waals surface area contributed by atoms with E-state index in [0.717, 1.165) is 25.0 Å². The molecular formula is C14H15F3N2O. The first-order valence-electron chi connectivity index (χ1n) is 5.66. The van der Waals surface area contributed by atoms with Crippen molar-refractivity contribution in [3.8, 4) is 0 Å². The van der Waals surface area contributed by atoms with E-state index >= 15 is 0 Å². The summed E-state index contributed by atoms with van der Waals surface area (Å²) >= 11 is 0. The summed E-state index contributed by atoms with van der Waals surface area (Å²) in [6.45, 7) is 8.49. The third kappa shape index (κ3) is 3.10. The third-order valence-electron chi connectivity index (χ3n) is 3.23. The van der Waals surface area contributed by atoms with Crippen LogP contribution in [0.4, 0.5) is 24.5 Å². The molecule has 0 unspecified atom stereocenters. The number of hydrogen-bond acceptors (Lipinski definition) is 1. The number of carbonyl (C=O) groups excluding carboxylic acids is 1. The maximum absolute atomic E-state index is 12.7. The summed E-state index contributed by atoms with van der Waals surface area (Å²) in [5.41, 5.74) is -1.89. The van der Waals surface area contributed by atoms with Gasteiger partial charge in [0.2, 0.25) is 5.91 Å². The van der Waals surface area contributed by atoms with Crippen molar-refractivity contribution in [3.63, 3.8) is 0 Å². The van der Waals surface area contributed by atoms with Crippen LogP contribution in [0.2, 0.25) is 0 Å². The Morgan fingerprint density at radius 2 is 2.00 bits per heavy atom. The van der Waals surface area contributed by atoms with E-state index in [1.807, 2.05) is 0 Å². The van der Waals surface area contributed by atoms with E-state index in [4.69, 9.17) is 6.57 Å². The summed E-state index contributed by atoms with van der Waals surface area (Å²) in [6.07, 6.45) is -3.12. The number of amides is 1. The zero-order valence-corrected chi connectivity index (χ0v) is 10.1. The fourth-order valence-corrected chi connectivity index (χ4v) is 1.63. The molecule has 20 heavy (non-hydrogen) atoms. The Morgan fingerprint density at radius 3 is 2.45 bits per heavy atom. The predicted molar refractivity (Wildman–Crippen MR) is 70.4 cm³/mol. The van der Waals surface area contributed by atoms with Crippen molar-refractivity contribution < 1.29 is 18.0 Å². The Bertz CT molecular complexity index is 569. The highest BCUT2D eigenvalue weighted by Crippen LogP contribution is 2.46. The van der Waals surface area contributed by atoms with Crippen LogP contribution in [0.25, 0.3) is 4.85 Å². The molecule has 1 N–H and O–H groups in total. The van der Waals surface area contributed by atoms with E-state index in [1.165, 1.54) is 6.07 Å². The van der Waals surface area contributed by atoms with E-state index in [1.54, 1.807) is 6.92 Å². The molecule has 1 aliphatic carbocycles. The second-order valence-corrected chi connectivity index (χ2v) is 4.86. The van der Waals surface area contributed by atoms with Crippen LogP contribution in [0.1, 0.15) is 32.8 Å². The van der Waals surface area contributed by atoms with Crippen LogP contribution in [0.3, 0.4) is 0 Å². The van der Waals surface area contributed by atoms with Gasteiger partial charge in [-0.1, -0.05) is 20.4 Å². The van der Waals surface area contributed by atoms with E-state index in [0.29, 0.717) is 0 Å². The minimum Gasteiger partial charge on any atom is -0.326 e. The fourth-order valence-electron chi connectivity index (χ4n) is 1.63. The van der Waals surface area contributed by atoms with Crippen LogP contribution < -0.4 is 5.32 Å². The number of rotatable bonds is 2.